The Balaban J connectivity index is 3.14. The lowest BCUT2D eigenvalue weighted by Gasteiger charge is -1.77. The predicted octanol–water partition coefficient (Wildman–Crippen LogP) is 1.43. The third kappa shape index (κ3) is 0.877. The minimum atomic E-state index is 0.106. The summed E-state index contributed by atoms with van der Waals surface area (Å²) in [6.07, 6.45) is 1.20. The summed E-state index contributed by atoms with van der Waals surface area (Å²) in [7, 11) is 0. The zero-order valence-electron chi connectivity index (χ0n) is 3.67. The second-order valence-electron chi connectivity index (χ2n) is 1.19. The molecule has 44 valence electrons. The van der Waals surface area contributed by atoms with Crippen molar-refractivity contribution in [2.45, 2.75) is 0 Å². The van der Waals surface area contributed by atoms with Crippen molar-refractivity contribution in [3.63, 3.8) is 0 Å². The second-order valence-corrected chi connectivity index (χ2v) is 1.95. The lowest BCUT2D eigenvalue weighted by Crippen LogP contribution is -1.87. The fourth-order valence-electron chi connectivity index (χ4n) is 0.321. The van der Waals surface area contributed by atoms with Gasteiger partial charge in [0.15, 0.2) is 5.15 Å². The molecule has 0 saturated carbocycles. The molecule has 0 bridgehead atoms. The average molecular weight is 153 g/mol. The molecular weight excluding hydrogens is 151 g/mol. The molecule has 0 atom stereocenters. The minimum Gasteiger partial charge on any atom is -0.412 e. The van der Waals surface area contributed by atoms with Crippen LogP contribution in [-0.2, 0) is 0 Å². The fourth-order valence-corrected chi connectivity index (χ4v) is 0.573. The molecule has 0 amide bonds. The van der Waals surface area contributed by atoms with E-state index in [-0.39, 0.29) is 10.2 Å². The largest absolute Gasteiger partial charge is 0.412 e. The zero-order chi connectivity index (χ0) is 6.15. The first kappa shape index (κ1) is 5.72. The summed E-state index contributed by atoms with van der Waals surface area (Å²) < 4.78 is 0. The van der Waals surface area contributed by atoms with Gasteiger partial charge in [0, 0.05) is 0 Å². The summed E-state index contributed by atoms with van der Waals surface area (Å²) in [6.45, 7) is 0. The van der Waals surface area contributed by atoms with Gasteiger partial charge in [-0.15, -0.1) is 9.94 Å². The van der Waals surface area contributed by atoms with Crippen LogP contribution in [0.2, 0.25) is 10.2 Å². The maximum absolute atomic E-state index is 8.47. The lowest BCUT2D eigenvalue weighted by atomic mass is 10.7. The first-order chi connectivity index (χ1) is 3.70. The maximum Gasteiger partial charge on any atom is 0.173 e. The van der Waals surface area contributed by atoms with E-state index in [1.165, 1.54) is 6.20 Å². The third-order valence-corrected chi connectivity index (χ3v) is 1.27. The average Bonchev–Trinajstić information content (AvgIpc) is 1.85. The summed E-state index contributed by atoms with van der Waals surface area (Å²) in [5, 5.41) is 12.1. The highest BCUT2D eigenvalue weighted by Gasteiger charge is 1.99. The van der Waals surface area contributed by atoms with Crippen molar-refractivity contribution >= 4 is 23.2 Å². The fraction of sp³-hybridized carbons (Fsp3) is 0. The van der Waals surface area contributed by atoms with Gasteiger partial charge in [0.1, 0.15) is 5.02 Å². The molecule has 1 aromatic rings. The van der Waals surface area contributed by atoms with Crippen molar-refractivity contribution in [1.82, 2.24) is 9.94 Å². The summed E-state index contributed by atoms with van der Waals surface area (Å²) in [5.74, 6) is 0. The van der Waals surface area contributed by atoms with E-state index < -0.39 is 0 Å². The highest BCUT2D eigenvalue weighted by molar-refractivity contribution is 6.41. The summed E-state index contributed by atoms with van der Waals surface area (Å²) in [4.78, 5) is 0.560. The van der Waals surface area contributed by atoms with Gasteiger partial charge in [-0.1, -0.05) is 23.2 Å². The number of halogens is 2. The van der Waals surface area contributed by atoms with Gasteiger partial charge in [-0.25, -0.2) is 0 Å². The van der Waals surface area contributed by atoms with Gasteiger partial charge in [-0.2, -0.15) is 0 Å². The van der Waals surface area contributed by atoms with E-state index >= 15 is 0 Å². The Morgan fingerprint density at radius 1 is 1.62 bits per heavy atom. The van der Waals surface area contributed by atoms with E-state index in [1.807, 2.05) is 0 Å². The molecule has 0 saturated heterocycles. The van der Waals surface area contributed by atoms with E-state index in [0.717, 1.165) is 0 Å². The Kier molecular flexibility index (Phi) is 1.31. The van der Waals surface area contributed by atoms with E-state index in [4.69, 9.17) is 28.4 Å². The number of aromatic nitrogens is 2. The van der Waals surface area contributed by atoms with Crippen LogP contribution in [0.25, 0.3) is 0 Å². The van der Waals surface area contributed by atoms with Crippen LogP contribution in [-0.4, -0.2) is 15.2 Å². The van der Waals surface area contributed by atoms with Crippen molar-refractivity contribution in [3.8, 4) is 0 Å². The molecule has 3 nitrogen and oxygen atoms in total. The van der Waals surface area contributed by atoms with Crippen molar-refractivity contribution < 1.29 is 5.21 Å². The zero-order valence-corrected chi connectivity index (χ0v) is 5.19. The van der Waals surface area contributed by atoms with E-state index in [2.05, 4.69) is 5.10 Å². The molecular formula is C3H2Cl2N2O. The van der Waals surface area contributed by atoms with Gasteiger partial charge in [0.2, 0.25) is 0 Å². The smallest absolute Gasteiger partial charge is 0.173 e. The predicted molar refractivity (Wildman–Crippen MR) is 29.4 cm³/mol. The molecule has 0 fully saturated rings. The van der Waals surface area contributed by atoms with Crippen LogP contribution < -0.4 is 0 Å². The molecule has 0 aliphatic carbocycles. The second kappa shape index (κ2) is 1.84. The van der Waals surface area contributed by atoms with Crippen LogP contribution in [0.1, 0.15) is 0 Å². The van der Waals surface area contributed by atoms with Crippen LogP contribution in [0, 0.1) is 0 Å². The molecule has 0 unspecified atom stereocenters. The Bertz CT molecular complexity index is 178. The lowest BCUT2D eigenvalue weighted by molar-refractivity contribution is 0.149. The molecule has 0 radical (unpaired) electrons. The molecule has 0 spiro atoms. The van der Waals surface area contributed by atoms with Crippen molar-refractivity contribution in [2.24, 2.45) is 0 Å². The Morgan fingerprint density at radius 3 is 2.38 bits per heavy atom. The molecule has 0 aromatic carbocycles. The first-order valence-corrected chi connectivity index (χ1v) is 2.55. The quantitative estimate of drug-likeness (QED) is 0.572. The SMILES string of the molecule is On1cc(Cl)c(Cl)n1. The molecule has 0 aliphatic rings. The topological polar surface area (TPSA) is 38.0 Å². The third-order valence-electron chi connectivity index (χ3n) is 0.616. The Hall–Kier alpha value is -0.410. The molecule has 1 N–H and O–H groups in total. The van der Waals surface area contributed by atoms with Gasteiger partial charge in [0.05, 0.1) is 6.20 Å². The molecule has 1 rings (SSSR count). The number of nitrogens with zero attached hydrogens (tertiary/aromatic N) is 2. The summed E-state index contributed by atoms with van der Waals surface area (Å²) in [6, 6.07) is 0. The monoisotopic (exact) mass is 152 g/mol. The van der Waals surface area contributed by atoms with Gasteiger partial charge in [0.25, 0.3) is 0 Å². The Labute approximate surface area is 55.4 Å². The molecule has 1 aromatic heterocycles. The van der Waals surface area contributed by atoms with E-state index in [0.29, 0.717) is 4.85 Å². The Morgan fingerprint density at radius 2 is 2.25 bits per heavy atom. The molecule has 8 heavy (non-hydrogen) atoms. The van der Waals surface area contributed by atoms with Crippen LogP contribution in [0.4, 0.5) is 0 Å². The molecule has 0 aliphatic heterocycles. The van der Waals surface area contributed by atoms with Crippen LogP contribution >= 0.6 is 23.2 Å². The normalized spacial score (nSPS) is 9.75. The highest BCUT2D eigenvalue weighted by atomic mass is 35.5. The van der Waals surface area contributed by atoms with Crippen LogP contribution in [0.5, 0.6) is 0 Å². The first-order valence-electron chi connectivity index (χ1n) is 1.80. The summed E-state index contributed by atoms with van der Waals surface area (Å²) >= 11 is 10.7. The van der Waals surface area contributed by atoms with E-state index in [1.54, 1.807) is 0 Å². The van der Waals surface area contributed by atoms with Gasteiger partial charge < -0.3 is 5.21 Å². The van der Waals surface area contributed by atoms with Crippen LogP contribution in [0.3, 0.4) is 0 Å². The number of rotatable bonds is 0. The van der Waals surface area contributed by atoms with E-state index in [9.17, 15) is 0 Å². The standard InChI is InChI=1S/C3H2Cl2N2O/c4-2-1-7(8)6-3(2)5/h1,8H. The number of hydrogen-bond donors (Lipinski definition) is 1. The van der Waals surface area contributed by atoms with Gasteiger partial charge >= 0.3 is 0 Å². The van der Waals surface area contributed by atoms with Crippen molar-refractivity contribution in [1.29, 1.82) is 0 Å². The molecule has 5 heteroatoms. The minimum absolute atomic E-state index is 0.106. The maximum atomic E-state index is 8.47. The van der Waals surface area contributed by atoms with Gasteiger partial charge in [-0.05, 0) is 0 Å². The summed E-state index contributed by atoms with van der Waals surface area (Å²) in [5.41, 5.74) is 0. The van der Waals surface area contributed by atoms with Crippen LogP contribution in [0.15, 0.2) is 6.20 Å². The van der Waals surface area contributed by atoms with Gasteiger partial charge in [-0.3, -0.25) is 0 Å². The van der Waals surface area contributed by atoms with Crippen molar-refractivity contribution in [2.75, 3.05) is 0 Å². The highest BCUT2D eigenvalue weighted by Crippen LogP contribution is 2.17. The number of hydrogen-bond acceptors (Lipinski definition) is 2. The molecule has 1 heterocycles. The van der Waals surface area contributed by atoms with Crippen molar-refractivity contribution in [3.05, 3.63) is 16.4 Å².